The Morgan fingerprint density at radius 3 is 1.56 bits per heavy atom. The first-order chi connectivity index (χ1) is 17.4. The zero-order valence-electron chi connectivity index (χ0n) is 19.2. The van der Waals surface area contributed by atoms with Gasteiger partial charge in [-0.1, -0.05) is 60.7 Å². The standard InChI is InChI=1S/C29H23NO6/c31-27(22-15-23(28(32)33)17-24(16-22)29(34)35)30(18-20-7-3-1-4-8-20)19-21-11-13-26(14-12-21)36-25-9-5-2-6-10-25/h1-17H,18-19H2,(H,32,33)(H,34,35). The lowest BCUT2D eigenvalue weighted by molar-refractivity contribution is 0.0696. The molecule has 0 bridgehead atoms. The number of carboxylic acid groups (broad SMARTS) is 2. The van der Waals surface area contributed by atoms with Crippen LogP contribution in [-0.4, -0.2) is 33.0 Å². The Bertz CT molecular complexity index is 1340. The normalized spacial score (nSPS) is 10.4. The molecule has 0 unspecified atom stereocenters. The van der Waals surface area contributed by atoms with Crippen LogP contribution in [0.15, 0.2) is 103 Å². The Kier molecular flexibility index (Phi) is 7.41. The van der Waals surface area contributed by atoms with E-state index >= 15 is 0 Å². The maximum absolute atomic E-state index is 13.5. The molecule has 4 aromatic carbocycles. The van der Waals surface area contributed by atoms with Crippen molar-refractivity contribution in [2.45, 2.75) is 13.1 Å². The van der Waals surface area contributed by atoms with Crippen LogP contribution in [0.25, 0.3) is 0 Å². The van der Waals surface area contributed by atoms with Gasteiger partial charge in [-0.25, -0.2) is 9.59 Å². The van der Waals surface area contributed by atoms with Crippen molar-refractivity contribution >= 4 is 17.8 Å². The second kappa shape index (κ2) is 11.0. The molecule has 4 rings (SSSR count). The second-order valence-electron chi connectivity index (χ2n) is 8.12. The van der Waals surface area contributed by atoms with Gasteiger partial charge in [0.05, 0.1) is 11.1 Å². The molecule has 7 heteroatoms. The van der Waals surface area contributed by atoms with Gasteiger partial charge in [0, 0.05) is 18.7 Å². The highest BCUT2D eigenvalue weighted by molar-refractivity contribution is 6.01. The number of carboxylic acids is 2. The third kappa shape index (κ3) is 6.15. The molecule has 0 aromatic heterocycles. The molecule has 4 aromatic rings. The zero-order valence-corrected chi connectivity index (χ0v) is 19.2. The molecule has 0 heterocycles. The predicted molar refractivity (Wildman–Crippen MR) is 133 cm³/mol. The zero-order chi connectivity index (χ0) is 25.5. The van der Waals surface area contributed by atoms with Gasteiger partial charge in [-0.2, -0.15) is 0 Å². The van der Waals surface area contributed by atoms with Gasteiger partial charge in [0.2, 0.25) is 0 Å². The predicted octanol–water partition coefficient (Wildman–Crippen LogP) is 5.72. The van der Waals surface area contributed by atoms with Crippen molar-refractivity contribution in [2.24, 2.45) is 0 Å². The molecule has 0 aliphatic rings. The third-order valence-corrected chi connectivity index (χ3v) is 5.45. The first-order valence-electron chi connectivity index (χ1n) is 11.2. The second-order valence-corrected chi connectivity index (χ2v) is 8.12. The highest BCUT2D eigenvalue weighted by Gasteiger charge is 2.21. The summed E-state index contributed by atoms with van der Waals surface area (Å²) in [6, 6.07) is 29.5. The molecule has 0 aliphatic heterocycles. The lowest BCUT2D eigenvalue weighted by Crippen LogP contribution is -2.30. The summed E-state index contributed by atoms with van der Waals surface area (Å²) in [5, 5.41) is 18.8. The van der Waals surface area contributed by atoms with Gasteiger partial charge in [-0.05, 0) is 53.6 Å². The lowest BCUT2D eigenvalue weighted by atomic mass is 10.0. The van der Waals surface area contributed by atoms with Crippen molar-refractivity contribution in [2.75, 3.05) is 0 Å². The van der Waals surface area contributed by atoms with Gasteiger partial charge in [0.1, 0.15) is 11.5 Å². The molecular weight excluding hydrogens is 458 g/mol. The molecule has 2 N–H and O–H groups in total. The number of carbonyl (C=O) groups is 3. The van der Waals surface area contributed by atoms with Crippen LogP contribution < -0.4 is 4.74 Å². The molecule has 36 heavy (non-hydrogen) atoms. The largest absolute Gasteiger partial charge is 0.478 e. The molecule has 7 nitrogen and oxygen atoms in total. The molecule has 0 saturated heterocycles. The van der Waals surface area contributed by atoms with Crippen molar-refractivity contribution in [1.29, 1.82) is 0 Å². The smallest absolute Gasteiger partial charge is 0.335 e. The topological polar surface area (TPSA) is 104 Å². The van der Waals surface area contributed by atoms with E-state index in [9.17, 15) is 24.6 Å². The number of para-hydroxylation sites is 1. The van der Waals surface area contributed by atoms with E-state index in [1.165, 1.54) is 12.1 Å². The molecular formula is C29H23NO6. The fraction of sp³-hybridized carbons (Fsp3) is 0.0690. The average molecular weight is 482 g/mol. The molecule has 0 saturated carbocycles. The van der Waals surface area contributed by atoms with Crippen molar-refractivity contribution < 1.29 is 29.3 Å². The number of amides is 1. The minimum absolute atomic E-state index is 0.00716. The van der Waals surface area contributed by atoms with Gasteiger partial charge >= 0.3 is 11.9 Å². The van der Waals surface area contributed by atoms with Gasteiger partial charge in [0.15, 0.2) is 0 Å². The van der Waals surface area contributed by atoms with E-state index in [2.05, 4.69) is 0 Å². The van der Waals surface area contributed by atoms with Crippen LogP contribution in [0.4, 0.5) is 0 Å². The molecule has 0 atom stereocenters. The monoisotopic (exact) mass is 481 g/mol. The maximum atomic E-state index is 13.5. The van der Waals surface area contributed by atoms with Crippen LogP contribution in [0.3, 0.4) is 0 Å². The summed E-state index contributed by atoms with van der Waals surface area (Å²) in [4.78, 5) is 38.1. The van der Waals surface area contributed by atoms with E-state index in [1.807, 2.05) is 72.8 Å². The Labute approximate surface area is 207 Å². The first kappa shape index (κ1) is 24.2. The van der Waals surface area contributed by atoms with Crippen molar-refractivity contribution in [3.8, 4) is 11.5 Å². The summed E-state index contributed by atoms with van der Waals surface area (Å²) in [6.45, 7) is 0.473. The van der Waals surface area contributed by atoms with Gasteiger partial charge in [-0.3, -0.25) is 4.79 Å². The van der Waals surface area contributed by atoms with Gasteiger partial charge < -0.3 is 19.8 Å². The fourth-order valence-corrected chi connectivity index (χ4v) is 3.69. The Morgan fingerprint density at radius 2 is 1.03 bits per heavy atom. The number of ether oxygens (including phenoxy) is 1. The number of benzene rings is 4. The van der Waals surface area contributed by atoms with E-state index < -0.39 is 17.8 Å². The van der Waals surface area contributed by atoms with Crippen molar-refractivity contribution in [1.82, 2.24) is 4.90 Å². The maximum Gasteiger partial charge on any atom is 0.335 e. The van der Waals surface area contributed by atoms with Gasteiger partial charge in [0.25, 0.3) is 5.91 Å². The van der Waals surface area contributed by atoms with Crippen LogP contribution in [0.2, 0.25) is 0 Å². The summed E-state index contributed by atoms with van der Waals surface area (Å²) in [7, 11) is 0. The number of hydrogen-bond acceptors (Lipinski definition) is 4. The van der Waals surface area contributed by atoms with E-state index in [0.717, 1.165) is 17.2 Å². The minimum atomic E-state index is -1.31. The number of carbonyl (C=O) groups excluding carboxylic acids is 1. The van der Waals surface area contributed by atoms with Gasteiger partial charge in [-0.15, -0.1) is 0 Å². The van der Waals surface area contributed by atoms with Crippen LogP contribution in [0.5, 0.6) is 11.5 Å². The Morgan fingerprint density at radius 1 is 0.583 bits per heavy atom. The number of rotatable bonds is 9. The van der Waals surface area contributed by atoms with Crippen LogP contribution in [0.1, 0.15) is 42.2 Å². The van der Waals surface area contributed by atoms with Crippen LogP contribution >= 0.6 is 0 Å². The molecule has 180 valence electrons. The number of nitrogens with zero attached hydrogens (tertiary/aromatic N) is 1. The lowest BCUT2D eigenvalue weighted by Gasteiger charge is -2.24. The Balaban J connectivity index is 1.61. The molecule has 1 amide bonds. The van der Waals surface area contributed by atoms with Crippen LogP contribution in [0, 0.1) is 0 Å². The van der Waals surface area contributed by atoms with Crippen molar-refractivity contribution in [3.05, 3.63) is 131 Å². The van der Waals surface area contributed by atoms with Crippen LogP contribution in [-0.2, 0) is 13.1 Å². The Hall–Kier alpha value is -4.91. The minimum Gasteiger partial charge on any atom is -0.478 e. The van der Waals surface area contributed by atoms with E-state index in [-0.39, 0.29) is 29.8 Å². The van der Waals surface area contributed by atoms with E-state index in [0.29, 0.717) is 11.5 Å². The molecule has 0 fully saturated rings. The summed E-state index contributed by atoms with van der Waals surface area (Å²) < 4.78 is 5.83. The molecule has 0 radical (unpaired) electrons. The van der Waals surface area contributed by atoms with E-state index in [4.69, 9.17) is 4.74 Å². The van der Waals surface area contributed by atoms with Crippen molar-refractivity contribution in [3.63, 3.8) is 0 Å². The average Bonchev–Trinajstić information content (AvgIpc) is 2.90. The highest BCUT2D eigenvalue weighted by atomic mass is 16.5. The highest BCUT2D eigenvalue weighted by Crippen LogP contribution is 2.23. The summed E-state index contributed by atoms with van der Waals surface area (Å²) >= 11 is 0. The summed E-state index contributed by atoms with van der Waals surface area (Å²) in [5.74, 6) is -1.74. The third-order valence-electron chi connectivity index (χ3n) is 5.45. The first-order valence-corrected chi connectivity index (χ1v) is 11.2. The molecule has 0 aliphatic carbocycles. The number of hydrogen-bond donors (Lipinski definition) is 2. The SMILES string of the molecule is O=C(O)c1cc(C(=O)O)cc(C(=O)N(Cc2ccccc2)Cc2ccc(Oc3ccccc3)cc2)c1. The quantitative estimate of drug-likeness (QED) is 0.317. The number of aromatic carboxylic acids is 2. The van der Waals surface area contributed by atoms with E-state index in [1.54, 1.807) is 17.0 Å². The summed E-state index contributed by atoms with van der Waals surface area (Å²) in [6.07, 6.45) is 0. The summed E-state index contributed by atoms with van der Waals surface area (Å²) in [5.41, 5.74) is 1.17. The molecule has 0 spiro atoms. The fourth-order valence-electron chi connectivity index (χ4n) is 3.69.